The van der Waals surface area contributed by atoms with Crippen LogP contribution in [-0.4, -0.2) is 29.8 Å². The van der Waals surface area contributed by atoms with Crippen molar-refractivity contribution in [3.05, 3.63) is 34.8 Å². The summed E-state index contributed by atoms with van der Waals surface area (Å²) in [5.41, 5.74) is 0.852. The molecule has 2 rings (SSSR count). The zero-order chi connectivity index (χ0) is 20.4. The van der Waals surface area contributed by atoms with E-state index in [1.54, 1.807) is 13.2 Å². The predicted octanol–water partition coefficient (Wildman–Crippen LogP) is 5.28. The van der Waals surface area contributed by atoms with Gasteiger partial charge in [0.05, 0.1) is 13.7 Å². The molecular formula is C21H29N3O3S. The Morgan fingerprint density at radius 1 is 1.21 bits per heavy atom. The molecule has 152 valence electrons. The number of ether oxygens (including phenoxy) is 2. The quantitative estimate of drug-likeness (QED) is 0.408. The average molecular weight is 404 g/mol. The molecule has 6 nitrogen and oxygen atoms in total. The third-order valence-corrected chi connectivity index (χ3v) is 5.17. The van der Waals surface area contributed by atoms with Gasteiger partial charge in [-0.05, 0) is 30.2 Å². The first-order valence-corrected chi connectivity index (χ1v) is 10.5. The van der Waals surface area contributed by atoms with Crippen LogP contribution < -0.4 is 14.8 Å². The van der Waals surface area contributed by atoms with Gasteiger partial charge in [0.1, 0.15) is 5.01 Å². The van der Waals surface area contributed by atoms with Crippen molar-refractivity contribution in [2.45, 2.75) is 52.4 Å². The first-order valence-electron chi connectivity index (χ1n) is 9.66. The van der Waals surface area contributed by atoms with Gasteiger partial charge in [0.25, 0.3) is 0 Å². The van der Waals surface area contributed by atoms with Gasteiger partial charge in [-0.1, -0.05) is 57.4 Å². The first-order chi connectivity index (χ1) is 13.5. The Morgan fingerprint density at radius 2 is 2.04 bits per heavy atom. The molecule has 0 aliphatic rings. The molecule has 1 aromatic heterocycles. The summed E-state index contributed by atoms with van der Waals surface area (Å²) in [5, 5.41) is 12.2. The van der Waals surface area contributed by atoms with E-state index in [-0.39, 0.29) is 5.91 Å². The van der Waals surface area contributed by atoms with Gasteiger partial charge < -0.3 is 9.47 Å². The molecule has 0 aliphatic heterocycles. The van der Waals surface area contributed by atoms with E-state index in [0.29, 0.717) is 23.4 Å². The topological polar surface area (TPSA) is 73.3 Å². The summed E-state index contributed by atoms with van der Waals surface area (Å²) in [6, 6.07) is 5.62. The molecule has 0 unspecified atom stereocenters. The van der Waals surface area contributed by atoms with Gasteiger partial charge >= 0.3 is 0 Å². The average Bonchev–Trinajstić information content (AvgIpc) is 3.15. The minimum absolute atomic E-state index is 0.248. The number of unbranched alkanes of at least 4 members (excludes halogenated alkanes) is 3. The maximum Gasteiger partial charge on any atom is 0.250 e. The van der Waals surface area contributed by atoms with Crippen molar-refractivity contribution in [1.29, 1.82) is 0 Å². The second kappa shape index (κ2) is 11.4. The van der Waals surface area contributed by atoms with Crippen molar-refractivity contribution in [2.75, 3.05) is 19.0 Å². The lowest BCUT2D eigenvalue weighted by Crippen LogP contribution is -2.07. The lowest BCUT2D eigenvalue weighted by Gasteiger charge is -2.11. The van der Waals surface area contributed by atoms with Crippen LogP contribution in [0.3, 0.4) is 0 Å². The second-order valence-corrected chi connectivity index (χ2v) is 7.75. The highest BCUT2D eigenvalue weighted by atomic mass is 32.1. The van der Waals surface area contributed by atoms with E-state index in [0.717, 1.165) is 22.7 Å². The fourth-order valence-electron chi connectivity index (χ4n) is 2.46. The number of amides is 1. The molecule has 0 fully saturated rings. The van der Waals surface area contributed by atoms with Crippen molar-refractivity contribution < 1.29 is 14.3 Å². The third-order valence-electron chi connectivity index (χ3n) is 4.03. The largest absolute Gasteiger partial charge is 0.493 e. The molecule has 0 spiro atoms. The first kappa shape index (κ1) is 21.9. The summed E-state index contributed by atoms with van der Waals surface area (Å²) >= 11 is 1.39. The summed E-state index contributed by atoms with van der Waals surface area (Å²) in [7, 11) is 1.61. The number of carbonyl (C=O) groups is 1. The van der Waals surface area contributed by atoms with Crippen LogP contribution in [0.1, 0.15) is 62.9 Å². The van der Waals surface area contributed by atoms with E-state index in [9.17, 15) is 4.79 Å². The summed E-state index contributed by atoms with van der Waals surface area (Å²) in [5.74, 6) is 1.42. The molecule has 7 heteroatoms. The number of methoxy groups -OCH3 is 1. The Morgan fingerprint density at radius 3 is 2.71 bits per heavy atom. The maximum absolute atomic E-state index is 12.1. The predicted molar refractivity (Wildman–Crippen MR) is 114 cm³/mol. The van der Waals surface area contributed by atoms with Crippen LogP contribution in [0.5, 0.6) is 11.5 Å². The Labute approximate surface area is 171 Å². The molecular weight excluding hydrogens is 374 g/mol. The van der Waals surface area contributed by atoms with Crippen LogP contribution in [0.15, 0.2) is 24.3 Å². The standard InChI is InChI=1S/C21H29N3O3S/c1-5-6-7-8-13-27-17-11-9-16(14-18(17)26-4)10-12-19(25)22-21-24-23-20(28-21)15(2)3/h9-12,14-15H,5-8,13H2,1-4H3,(H,22,24,25)/b12-10+. The van der Waals surface area contributed by atoms with Gasteiger partial charge in [-0.15, -0.1) is 10.2 Å². The monoisotopic (exact) mass is 403 g/mol. The SMILES string of the molecule is CCCCCCOc1ccc(/C=C/C(=O)Nc2nnc(C(C)C)s2)cc1OC. The van der Waals surface area contributed by atoms with Gasteiger partial charge in [-0.3, -0.25) is 10.1 Å². The number of hydrogen-bond donors (Lipinski definition) is 1. The molecule has 0 aliphatic carbocycles. The molecule has 0 saturated heterocycles. The highest BCUT2D eigenvalue weighted by Gasteiger charge is 2.09. The van der Waals surface area contributed by atoms with Crippen LogP contribution in [0, 0.1) is 0 Å². The van der Waals surface area contributed by atoms with Gasteiger partial charge in [0, 0.05) is 12.0 Å². The van der Waals surface area contributed by atoms with Crippen molar-refractivity contribution in [3.63, 3.8) is 0 Å². The van der Waals surface area contributed by atoms with E-state index in [2.05, 4.69) is 22.4 Å². The fraction of sp³-hybridized carbons (Fsp3) is 0.476. The van der Waals surface area contributed by atoms with E-state index < -0.39 is 0 Å². The maximum atomic E-state index is 12.1. The Hall–Kier alpha value is -2.41. The number of benzene rings is 1. The molecule has 1 heterocycles. The number of anilines is 1. The summed E-state index contributed by atoms with van der Waals surface area (Å²) in [4.78, 5) is 12.1. The Balaban J connectivity index is 1.92. The molecule has 0 bridgehead atoms. The Bertz CT molecular complexity index is 787. The lowest BCUT2D eigenvalue weighted by atomic mass is 10.2. The normalized spacial score (nSPS) is 11.2. The zero-order valence-corrected chi connectivity index (χ0v) is 17.8. The van der Waals surface area contributed by atoms with Gasteiger partial charge in [-0.25, -0.2) is 0 Å². The minimum atomic E-state index is -0.248. The molecule has 2 aromatic rings. The van der Waals surface area contributed by atoms with E-state index in [1.807, 2.05) is 32.0 Å². The fourth-order valence-corrected chi connectivity index (χ4v) is 3.20. The van der Waals surface area contributed by atoms with Crippen LogP contribution in [0.4, 0.5) is 5.13 Å². The highest BCUT2D eigenvalue weighted by molar-refractivity contribution is 7.15. The molecule has 0 radical (unpaired) electrons. The molecule has 1 aromatic carbocycles. The number of carbonyl (C=O) groups excluding carboxylic acids is 1. The molecule has 28 heavy (non-hydrogen) atoms. The lowest BCUT2D eigenvalue weighted by molar-refractivity contribution is -0.111. The smallest absolute Gasteiger partial charge is 0.250 e. The highest BCUT2D eigenvalue weighted by Crippen LogP contribution is 2.29. The number of nitrogens with one attached hydrogen (secondary N) is 1. The molecule has 1 N–H and O–H groups in total. The van der Waals surface area contributed by atoms with Crippen LogP contribution in [0.25, 0.3) is 6.08 Å². The number of nitrogens with zero attached hydrogens (tertiary/aromatic N) is 2. The van der Waals surface area contributed by atoms with Crippen molar-refractivity contribution in [2.24, 2.45) is 0 Å². The molecule has 0 saturated carbocycles. The number of rotatable bonds is 11. The molecule has 1 amide bonds. The summed E-state index contributed by atoms with van der Waals surface area (Å²) in [6.45, 7) is 6.94. The van der Waals surface area contributed by atoms with Gasteiger partial charge in [0.2, 0.25) is 11.0 Å². The molecule has 0 atom stereocenters. The third kappa shape index (κ3) is 6.96. The van der Waals surface area contributed by atoms with E-state index in [1.165, 1.54) is 36.7 Å². The minimum Gasteiger partial charge on any atom is -0.493 e. The Kier molecular flexibility index (Phi) is 8.94. The zero-order valence-electron chi connectivity index (χ0n) is 17.0. The number of aromatic nitrogens is 2. The summed E-state index contributed by atoms with van der Waals surface area (Å²) < 4.78 is 11.2. The summed E-state index contributed by atoms with van der Waals surface area (Å²) in [6.07, 6.45) is 7.83. The van der Waals surface area contributed by atoms with Crippen LogP contribution in [0.2, 0.25) is 0 Å². The van der Waals surface area contributed by atoms with Crippen molar-refractivity contribution in [1.82, 2.24) is 10.2 Å². The van der Waals surface area contributed by atoms with E-state index in [4.69, 9.17) is 9.47 Å². The van der Waals surface area contributed by atoms with E-state index >= 15 is 0 Å². The van der Waals surface area contributed by atoms with Gasteiger partial charge in [0.15, 0.2) is 11.5 Å². The van der Waals surface area contributed by atoms with Gasteiger partial charge in [-0.2, -0.15) is 0 Å². The van der Waals surface area contributed by atoms with Crippen LogP contribution in [-0.2, 0) is 4.79 Å². The number of hydrogen-bond acceptors (Lipinski definition) is 6. The van der Waals surface area contributed by atoms with Crippen LogP contribution >= 0.6 is 11.3 Å². The van der Waals surface area contributed by atoms with Crippen molar-refractivity contribution in [3.8, 4) is 11.5 Å². The van der Waals surface area contributed by atoms with Crippen molar-refractivity contribution >= 4 is 28.5 Å². The second-order valence-electron chi connectivity index (χ2n) is 6.74.